The molecule has 8 heteroatoms. The lowest BCUT2D eigenvalue weighted by atomic mass is 9.69. The molecule has 41 heavy (non-hydrogen) atoms. The van der Waals surface area contributed by atoms with Gasteiger partial charge >= 0.3 is 5.97 Å². The third-order valence-electron chi connectivity index (χ3n) is 9.58. The van der Waals surface area contributed by atoms with Crippen molar-refractivity contribution in [3.05, 3.63) is 35.4 Å². The van der Waals surface area contributed by atoms with Crippen LogP contribution in [0, 0.1) is 11.3 Å². The molecule has 1 unspecified atom stereocenters. The Balaban J connectivity index is 1.66. The van der Waals surface area contributed by atoms with Crippen LogP contribution in [0.15, 0.2) is 29.3 Å². The number of carboxylic acids is 1. The molecule has 0 aromatic heterocycles. The lowest BCUT2D eigenvalue weighted by Crippen LogP contribution is -2.53. The van der Waals surface area contributed by atoms with Crippen molar-refractivity contribution in [1.29, 1.82) is 0 Å². The Labute approximate surface area is 246 Å². The molecule has 0 bridgehead atoms. The van der Waals surface area contributed by atoms with E-state index in [4.69, 9.17) is 10.1 Å². The second-order valence-corrected chi connectivity index (χ2v) is 13.5. The minimum Gasteiger partial charge on any atom is -0.481 e. The van der Waals surface area contributed by atoms with E-state index in [0.717, 1.165) is 69.9 Å². The van der Waals surface area contributed by atoms with Gasteiger partial charge in [-0.05, 0) is 87.3 Å². The minimum atomic E-state index is -0.944. The third kappa shape index (κ3) is 6.95. The second-order valence-electron chi connectivity index (χ2n) is 13.5. The normalized spacial score (nSPS) is 25.8. The van der Waals surface area contributed by atoms with Gasteiger partial charge in [0, 0.05) is 24.7 Å². The number of unbranched alkanes of at least 4 members (excludes halogenated alkanes) is 1. The highest BCUT2D eigenvalue weighted by Crippen LogP contribution is 2.50. The number of likely N-dealkylation sites (tertiary alicyclic amines) is 1. The standard InChI is InChI=1S/C33H50N4O4/c1-6-7-11-27(24-12-14-25(15-13-24)30(40)34-21-18-28(38)39)37-31(41)29(36-22-9-8-10-23(36)2)35-33(37)19-16-26(17-20-33)32(3,4)5/h12-15,23,26-27H,6-11,16-22H2,1-5H3,(H,34,40)(H,38,39)/t23?,26?,27-,33?/m1/s1. The average molecular weight is 567 g/mol. The summed E-state index contributed by atoms with van der Waals surface area (Å²) in [4.78, 5) is 47.7. The molecule has 1 saturated carbocycles. The monoisotopic (exact) mass is 566 g/mol. The summed E-state index contributed by atoms with van der Waals surface area (Å²) >= 11 is 0. The van der Waals surface area contributed by atoms with Crippen LogP contribution >= 0.6 is 0 Å². The number of carboxylic acid groups (broad SMARTS) is 1. The van der Waals surface area contributed by atoms with Crippen LogP contribution < -0.4 is 5.32 Å². The Morgan fingerprint density at radius 3 is 2.39 bits per heavy atom. The van der Waals surface area contributed by atoms with Gasteiger partial charge in [0.15, 0.2) is 5.84 Å². The van der Waals surface area contributed by atoms with Gasteiger partial charge in [-0.2, -0.15) is 0 Å². The highest BCUT2D eigenvalue weighted by Gasteiger charge is 2.53. The molecule has 1 aromatic carbocycles. The van der Waals surface area contributed by atoms with Crippen molar-refractivity contribution < 1.29 is 19.5 Å². The predicted octanol–water partition coefficient (Wildman–Crippen LogP) is 6.17. The van der Waals surface area contributed by atoms with Crippen LogP contribution in [0.25, 0.3) is 0 Å². The van der Waals surface area contributed by atoms with Crippen molar-refractivity contribution in [2.45, 2.75) is 123 Å². The number of benzene rings is 1. The van der Waals surface area contributed by atoms with Gasteiger partial charge < -0.3 is 20.2 Å². The largest absolute Gasteiger partial charge is 0.481 e. The van der Waals surface area contributed by atoms with Crippen LogP contribution in [-0.4, -0.2) is 63.3 Å². The zero-order chi connectivity index (χ0) is 29.8. The Hall–Kier alpha value is -2.90. The van der Waals surface area contributed by atoms with Gasteiger partial charge in [-0.3, -0.25) is 14.4 Å². The number of carbonyl (C=O) groups is 3. The number of amidine groups is 1. The van der Waals surface area contributed by atoms with Crippen LogP contribution in [0.5, 0.6) is 0 Å². The zero-order valence-electron chi connectivity index (χ0n) is 25.7. The minimum absolute atomic E-state index is 0.0598. The van der Waals surface area contributed by atoms with Crippen LogP contribution in [-0.2, 0) is 9.59 Å². The molecule has 1 spiro atoms. The number of nitrogens with one attached hydrogen (secondary N) is 1. The van der Waals surface area contributed by atoms with Crippen LogP contribution in [0.4, 0.5) is 0 Å². The van der Waals surface area contributed by atoms with E-state index in [1.54, 1.807) is 12.1 Å². The summed E-state index contributed by atoms with van der Waals surface area (Å²) in [6.45, 7) is 12.3. The molecule has 1 aromatic rings. The smallest absolute Gasteiger partial charge is 0.305 e. The molecule has 2 N–H and O–H groups in total. The van der Waals surface area contributed by atoms with Crippen molar-refractivity contribution in [3.63, 3.8) is 0 Å². The molecular weight excluding hydrogens is 516 g/mol. The summed E-state index contributed by atoms with van der Waals surface area (Å²) in [5.41, 5.74) is 1.21. The highest BCUT2D eigenvalue weighted by atomic mass is 16.4. The fourth-order valence-corrected chi connectivity index (χ4v) is 7.01. The first kappa shape index (κ1) is 31.0. The molecule has 1 aliphatic carbocycles. The molecule has 3 aliphatic rings. The van der Waals surface area contributed by atoms with E-state index in [1.807, 2.05) is 12.1 Å². The van der Waals surface area contributed by atoms with E-state index in [2.05, 4.69) is 49.7 Å². The molecule has 8 nitrogen and oxygen atoms in total. The number of piperidine rings is 1. The maximum absolute atomic E-state index is 14.5. The maximum atomic E-state index is 14.5. The number of hydrogen-bond donors (Lipinski definition) is 2. The number of carbonyl (C=O) groups excluding carboxylic acids is 2. The highest BCUT2D eigenvalue weighted by molar-refractivity contribution is 6.39. The average Bonchev–Trinajstić information content (AvgIpc) is 3.20. The Bertz CT molecular complexity index is 1120. The second kappa shape index (κ2) is 13.0. The summed E-state index contributed by atoms with van der Waals surface area (Å²) < 4.78 is 0. The number of rotatable bonds is 9. The molecule has 2 atom stereocenters. The summed E-state index contributed by atoms with van der Waals surface area (Å²) in [6, 6.07) is 7.71. The van der Waals surface area contributed by atoms with Gasteiger partial charge in [0.25, 0.3) is 11.8 Å². The van der Waals surface area contributed by atoms with Crippen molar-refractivity contribution >= 4 is 23.6 Å². The summed E-state index contributed by atoms with van der Waals surface area (Å²) in [6.07, 6.45) is 9.96. The van der Waals surface area contributed by atoms with E-state index in [9.17, 15) is 14.4 Å². The SMILES string of the molecule is CCCC[C@H](c1ccc(C(=O)NCCC(=O)O)cc1)N1C(=O)C(N2CCCCC2C)=NC12CCC(C(C)(C)C)CC2. The van der Waals surface area contributed by atoms with E-state index < -0.39 is 11.6 Å². The molecule has 4 rings (SSSR count). The van der Waals surface area contributed by atoms with E-state index in [-0.39, 0.29) is 36.2 Å². The first-order valence-electron chi connectivity index (χ1n) is 15.8. The lowest BCUT2D eigenvalue weighted by molar-refractivity contribution is -0.137. The summed E-state index contributed by atoms with van der Waals surface area (Å²) in [7, 11) is 0. The molecule has 2 amide bonds. The fraction of sp³-hybridized carbons (Fsp3) is 0.697. The van der Waals surface area contributed by atoms with Crippen molar-refractivity contribution in [3.8, 4) is 0 Å². The number of amides is 2. The fourth-order valence-electron chi connectivity index (χ4n) is 7.01. The lowest BCUT2D eigenvalue weighted by Gasteiger charge is -2.47. The maximum Gasteiger partial charge on any atom is 0.305 e. The van der Waals surface area contributed by atoms with E-state index in [0.29, 0.717) is 23.4 Å². The van der Waals surface area contributed by atoms with Crippen LogP contribution in [0.1, 0.15) is 127 Å². The molecule has 0 radical (unpaired) electrons. The van der Waals surface area contributed by atoms with Gasteiger partial charge in [-0.1, -0.05) is 52.7 Å². The summed E-state index contributed by atoms with van der Waals surface area (Å²) in [5, 5.41) is 11.5. The predicted molar refractivity (Wildman–Crippen MR) is 162 cm³/mol. The van der Waals surface area contributed by atoms with Crippen LogP contribution in [0.3, 0.4) is 0 Å². The van der Waals surface area contributed by atoms with Gasteiger partial charge in [0.1, 0.15) is 5.66 Å². The molecule has 2 fully saturated rings. The van der Waals surface area contributed by atoms with Crippen molar-refractivity contribution in [1.82, 2.24) is 15.1 Å². The number of aliphatic carboxylic acids is 1. The first-order valence-corrected chi connectivity index (χ1v) is 15.8. The topological polar surface area (TPSA) is 102 Å². The Morgan fingerprint density at radius 2 is 1.80 bits per heavy atom. The van der Waals surface area contributed by atoms with Crippen LogP contribution in [0.2, 0.25) is 0 Å². The Morgan fingerprint density at radius 1 is 1.12 bits per heavy atom. The molecule has 1 saturated heterocycles. The van der Waals surface area contributed by atoms with Gasteiger partial charge in [-0.25, -0.2) is 4.99 Å². The zero-order valence-corrected chi connectivity index (χ0v) is 25.7. The van der Waals surface area contributed by atoms with Gasteiger partial charge in [-0.15, -0.1) is 0 Å². The molecular formula is C33H50N4O4. The van der Waals surface area contributed by atoms with Crippen molar-refractivity contribution in [2.75, 3.05) is 13.1 Å². The molecule has 226 valence electrons. The third-order valence-corrected chi connectivity index (χ3v) is 9.58. The first-order chi connectivity index (χ1) is 19.5. The molecule has 2 aliphatic heterocycles. The van der Waals surface area contributed by atoms with Gasteiger partial charge in [0.2, 0.25) is 0 Å². The number of nitrogens with zero attached hydrogens (tertiary/aromatic N) is 3. The van der Waals surface area contributed by atoms with E-state index >= 15 is 0 Å². The van der Waals surface area contributed by atoms with Gasteiger partial charge in [0.05, 0.1) is 12.5 Å². The molecule has 2 heterocycles. The van der Waals surface area contributed by atoms with Crippen molar-refractivity contribution in [2.24, 2.45) is 16.3 Å². The Kier molecular flexibility index (Phi) is 9.81. The van der Waals surface area contributed by atoms with E-state index in [1.165, 1.54) is 6.42 Å². The quantitative estimate of drug-likeness (QED) is 0.372. The number of aliphatic imine (C=N–C) groups is 1. The summed E-state index contributed by atoms with van der Waals surface area (Å²) in [5.74, 6) is 0.0840. The number of hydrogen-bond acceptors (Lipinski definition) is 5.